The molecular formula is C16H33IN4O4. The zero-order valence-corrected chi connectivity index (χ0v) is 18.1. The maximum Gasteiger partial charge on any atom is 0.243 e. The molecule has 25 heavy (non-hydrogen) atoms. The molecule has 0 aliphatic carbocycles. The molecule has 148 valence electrons. The Bertz CT molecular complexity index is 402. The molecule has 0 aromatic rings. The second-order valence-corrected chi connectivity index (χ2v) is 5.94. The van der Waals surface area contributed by atoms with E-state index in [1.54, 1.807) is 14.1 Å². The molecule has 1 amide bonds. The molecule has 9 heteroatoms. The Morgan fingerprint density at radius 1 is 1.24 bits per heavy atom. The van der Waals surface area contributed by atoms with Crippen molar-refractivity contribution in [2.45, 2.75) is 32.5 Å². The number of aliphatic imine (C=N–C) groups is 1. The molecule has 1 saturated heterocycles. The lowest BCUT2D eigenvalue weighted by molar-refractivity contribution is -0.145. The van der Waals surface area contributed by atoms with E-state index in [9.17, 15) is 4.79 Å². The summed E-state index contributed by atoms with van der Waals surface area (Å²) in [5.74, 6) is 0.0372. The van der Waals surface area contributed by atoms with Gasteiger partial charge in [-0.25, -0.2) is 4.99 Å². The average molecular weight is 472 g/mol. The van der Waals surface area contributed by atoms with E-state index in [1.807, 2.05) is 13.8 Å². The van der Waals surface area contributed by atoms with Gasteiger partial charge in [-0.1, -0.05) is 0 Å². The molecular weight excluding hydrogens is 439 g/mol. The van der Waals surface area contributed by atoms with Crippen molar-refractivity contribution in [1.29, 1.82) is 0 Å². The van der Waals surface area contributed by atoms with Crippen molar-refractivity contribution in [2.75, 3.05) is 60.2 Å². The Labute approximate surface area is 168 Å². The van der Waals surface area contributed by atoms with E-state index < -0.39 is 5.79 Å². The van der Waals surface area contributed by atoms with Crippen LogP contribution in [0, 0.1) is 0 Å². The predicted octanol–water partition coefficient (Wildman–Crippen LogP) is 0.808. The van der Waals surface area contributed by atoms with E-state index in [-0.39, 0.29) is 36.4 Å². The van der Waals surface area contributed by atoms with Crippen LogP contribution in [-0.2, 0) is 19.0 Å². The van der Waals surface area contributed by atoms with Crippen LogP contribution in [0.15, 0.2) is 4.99 Å². The number of nitrogens with one attached hydrogen (secondary N) is 2. The average Bonchev–Trinajstić information content (AvgIpc) is 2.98. The van der Waals surface area contributed by atoms with Crippen LogP contribution in [0.3, 0.4) is 0 Å². The van der Waals surface area contributed by atoms with Gasteiger partial charge < -0.3 is 29.7 Å². The van der Waals surface area contributed by atoms with E-state index >= 15 is 0 Å². The molecule has 1 fully saturated rings. The van der Waals surface area contributed by atoms with Gasteiger partial charge in [0.25, 0.3) is 0 Å². The van der Waals surface area contributed by atoms with Gasteiger partial charge in [0.1, 0.15) is 6.54 Å². The van der Waals surface area contributed by atoms with E-state index in [0.717, 1.165) is 19.6 Å². The van der Waals surface area contributed by atoms with Crippen molar-refractivity contribution in [2.24, 2.45) is 4.99 Å². The Kier molecular flexibility index (Phi) is 13.2. The van der Waals surface area contributed by atoms with Crippen LogP contribution >= 0.6 is 24.0 Å². The molecule has 0 radical (unpaired) electrons. The highest BCUT2D eigenvalue weighted by Gasteiger charge is 2.30. The second-order valence-electron chi connectivity index (χ2n) is 5.94. The third kappa shape index (κ3) is 10.8. The first-order valence-electron chi connectivity index (χ1n) is 8.55. The highest BCUT2D eigenvalue weighted by molar-refractivity contribution is 14.0. The maximum absolute atomic E-state index is 11.7. The third-order valence-electron chi connectivity index (χ3n) is 3.60. The number of ether oxygens (including phenoxy) is 3. The highest BCUT2D eigenvalue weighted by atomic mass is 127. The summed E-state index contributed by atoms with van der Waals surface area (Å²) in [5, 5.41) is 6.44. The van der Waals surface area contributed by atoms with Gasteiger partial charge in [-0.2, -0.15) is 0 Å². The second kappa shape index (κ2) is 13.5. The van der Waals surface area contributed by atoms with Crippen molar-refractivity contribution in [3.63, 3.8) is 0 Å². The SMILES string of the molecule is CCOCCCNC(=NCC(=O)N(C)C)NCCC1(C)OCCO1.I. The monoisotopic (exact) mass is 472 g/mol. The van der Waals surface area contributed by atoms with Gasteiger partial charge in [-0.3, -0.25) is 4.79 Å². The lowest BCUT2D eigenvalue weighted by Crippen LogP contribution is -2.41. The van der Waals surface area contributed by atoms with Crippen LogP contribution in [0.25, 0.3) is 0 Å². The van der Waals surface area contributed by atoms with E-state index in [2.05, 4.69) is 15.6 Å². The zero-order valence-electron chi connectivity index (χ0n) is 15.8. The van der Waals surface area contributed by atoms with Crippen molar-refractivity contribution >= 4 is 35.8 Å². The van der Waals surface area contributed by atoms with Gasteiger partial charge in [-0.15, -0.1) is 24.0 Å². The van der Waals surface area contributed by atoms with Crippen LogP contribution in [0.4, 0.5) is 0 Å². The van der Waals surface area contributed by atoms with Gasteiger partial charge in [0.05, 0.1) is 13.2 Å². The van der Waals surface area contributed by atoms with Gasteiger partial charge >= 0.3 is 0 Å². The first kappa shape index (κ1) is 24.4. The summed E-state index contributed by atoms with van der Waals surface area (Å²) in [4.78, 5) is 17.6. The molecule has 1 heterocycles. The standard InChI is InChI=1S/C16H32N4O4.HI/c1-5-22-10-6-8-17-15(19-13-14(21)20(3)4)18-9-7-16(2)23-11-12-24-16;/h5-13H2,1-4H3,(H2,17,18,19);1H. The molecule has 0 atom stereocenters. The molecule has 0 aromatic heterocycles. The summed E-state index contributed by atoms with van der Waals surface area (Å²) in [6, 6.07) is 0. The lowest BCUT2D eigenvalue weighted by atomic mass is 10.2. The Hall–Kier alpha value is -0.650. The minimum absolute atomic E-state index is 0. The van der Waals surface area contributed by atoms with E-state index in [4.69, 9.17) is 14.2 Å². The summed E-state index contributed by atoms with van der Waals surface area (Å²) in [6.07, 6.45) is 1.58. The minimum atomic E-state index is -0.535. The minimum Gasteiger partial charge on any atom is -0.382 e. The summed E-state index contributed by atoms with van der Waals surface area (Å²) in [7, 11) is 3.44. The van der Waals surface area contributed by atoms with Gasteiger partial charge in [0.2, 0.25) is 5.91 Å². The molecule has 2 N–H and O–H groups in total. The Morgan fingerprint density at radius 3 is 2.48 bits per heavy atom. The third-order valence-corrected chi connectivity index (χ3v) is 3.60. The molecule has 0 saturated carbocycles. The number of guanidine groups is 1. The number of likely N-dealkylation sites (N-methyl/N-ethyl adjacent to an activating group) is 1. The van der Waals surface area contributed by atoms with Crippen LogP contribution in [0.1, 0.15) is 26.7 Å². The van der Waals surface area contributed by atoms with Crippen molar-refractivity contribution < 1.29 is 19.0 Å². The van der Waals surface area contributed by atoms with Crippen molar-refractivity contribution in [3.8, 4) is 0 Å². The predicted molar refractivity (Wildman–Crippen MR) is 108 cm³/mol. The maximum atomic E-state index is 11.7. The summed E-state index contributed by atoms with van der Waals surface area (Å²) < 4.78 is 16.5. The molecule has 1 rings (SSSR count). The van der Waals surface area contributed by atoms with Gasteiger partial charge in [0, 0.05) is 46.8 Å². The zero-order chi connectivity index (χ0) is 17.8. The Balaban J connectivity index is 0.00000576. The number of carbonyl (C=O) groups excluding carboxylic acids is 1. The molecule has 1 aliphatic rings. The van der Waals surface area contributed by atoms with Crippen LogP contribution in [0.2, 0.25) is 0 Å². The van der Waals surface area contributed by atoms with Gasteiger partial charge in [0.15, 0.2) is 11.7 Å². The fourth-order valence-electron chi connectivity index (χ4n) is 2.10. The molecule has 8 nitrogen and oxygen atoms in total. The number of halogens is 1. The molecule has 0 unspecified atom stereocenters. The summed E-state index contributed by atoms with van der Waals surface area (Å²) in [6.45, 7) is 8.07. The number of nitrogens with zero attached hydrogens (tertiary/aromatic N) is 2. The number of rotatable bonds is 10. The Morgan fingerprint density at radius 2 is 1.88 bits per heavy atom. The molecule has 0 bridgehead atoms. The molecule has 1 aliphatic heterocycles. The van der Waals surface area contributed by atoms with Crippen molar-refractivity contribution in [1.82, 2.24) is 15.5 Å². The smallest absolute Gasteiger partial charge is 0.243 e. The van der Waals surface area contributed by atoms with Crippen LogP contribution < -0.4 is 10.6 Å². The van der Waals surface area contributed by atoms with E-state index in [0.29, 0.717) is 38.7 Å². The van der Waals surface area contributed by atoms with Crippen molar-refractivity contribution in [3.05, 3.63) is 0 Å². The number of carbonyl (C=O) groups is 1. The van der Waals surface area contributed by atoms with Crippen LogP contribution in [-0.4, -0.2) is 82.7 Å². The fraction of sp³-hybridized carbons (Fsp3) is 0.875. The van der Waals surface area contributed by atoms with Crippen LogP contribution in [0.5, 0.6) is 0 Å². The number of amides is 1. The van der Waals surface area contributed by atoms with E-state index in [1.165, 1.54) is 4.90 Å². The number of hydrogen-bond donors (Lipinski definition) is 2. The quantitative estimate of drug-likeness (QED) is 0.212. The largest absolute Gasteiger partial charge is 0.382 e. The molecule has 0 aromatic carbocycles. The first-order valence-corrected chi connectivity index (χ1v) is 8.55. The van der Waals surface area contributed by atoms with Gasteiger partial charge in [-0.05, 0) is 20.3 Å². The normalized spacial score (nSPS) is 16.2. The lowest BCUT2D eigenvalue weighted by Gasteiger charge is -2.23. The topological polar surface area (TPSA) is 84.4 Å². The number of hydrogen-bond acceptors (Lipinski definition) is 5. The highest BCUT2D eigenvalue weighted by Crippen LogP contribution is 2.21. The molecule has 0 spiro atoms. The first-order chi connectivity index (χ1) is 11.5. The summed E-state index contributed by atoms with van der Waals surface area (Å²) >= 11 is 0. The fourth-order valence-corrected chi connectivity index (χ4v) is 2.10. The summed E-state index contributed by atoms with van der Waals surface area (Å²) in [5.41, 5.74) is 0.